The van der Waals surface area contributed by atoms with E-state index in [1.165, 1.54) is 24.3 Å². The lowest BCUT2D eigenvalue weighted by Gasteiger charge is -2.15. The monoisotopic (exact) mass is 338 g/mol. The Kier molecular flexibility index (Phi) is 4.65. The highest BCUT2D eigenvalue weighted by Crippen LogP contribution is 2.10. The Hall–Kier alpha value is -3.35. The molecule has 0 saturated carbocycles. The number of hydrogen-bond donors (Lipinski definition) is 2. The highest BCUT2D eigenvalue weighted by Gasteiger charge is 2.20. The molecule has 0 aliphatic heterocycles. The molecular formula is C18H15FN4O2. The van der Waals surface area contributed by atoms with Crippen LogP contribution in [0.25, 0.3) is 11.0 Å². The van der Waals surface area contributed by atoms with Gasteiger partial charge >= 0.3 is 0 Å². The number of nitrogens with two attached hydrogens (primary N) is 1. The number of para-hydroxylation sites is 2. The number of primary amides is 1. The minimum absolute atomic E-state index is 0.111. The SMILES string of the molecule is NC(=O)[C@@H](Cc1cnc2ccccc2n1)NC(=O)c1ccc(F)cc1. The molecule has 1 atom stereocenters. The van der Waals surface area contributed by atoms with Gasteiger partial charge in [-0.05, 0) is 36.4 Å². The van der Waals surface area contributed by atoms with Crippen LogP contribution in [0.2, 0.25) is 0 Å². The summed E-state index contributed by atoms with van der Waals surface area (Å²) in [4.78, 5) is 32.6. The minimum Gasteiger partial charge on any atom is -0.368 e. The summed E-state index contributed by atoms with van der Waals surface area (Å²) in [5.41, 5.74) is 7.57. The summed E-state index contributed by atoms with van der Waals surface area (Å²) in [7, 11) is 0. The van der Waals surface area contributed by atoms with E-state index in [0.29, 0.717) is 11.2 Å². The van der Waals surface area contributed by atoms with Crippen molar-refractivity contribution in [3.63, 3.8) is 0 Å². The summed E-state index contributed by atoms with van der Waals surface area (Å²) >= 11 is 0. The molecule has 0 aliphatic rings. The van der Waals surface area contributed by atoms with E-state index in [0.717, 1.165) is 5.52 Å². The largest absolute Gasteiger partial charge is 0.368 e. The average molecular weight is 338 g/mol. The first-order valence-corrected chi connectivity index (χ1v) is 7.59. The molecule has 2 aromatic carbocycles. The van der Waals surface area contributed by atoms with Crippen molar-refractivity contribution in [1.82, 2.24) is 15.3 Å². The smallest absolute Gasteiger partial charge is 0.251 e. The summed E-state index contributed by atoms with van der Waals surface area (Å²) in [5.74, 6) is -1.66. The van der Waals surface area contributed by atoms with Crippen LogP contribution in [0.1, 0.15) is 16.1 Å². The van der Waals surface area contributed by atoms with Crippen molar-refractivity contribution in [3.8, 4) is 0 Å². The Morgan fingerprint density at radius 2 is 1.76 bits per heavy atom. The number of carbonyl (C=O) groups excluding carboxylic acids is 2. The molecule has 25 heavy (non-hydrogen) atoms. The molecule has 3 rings (SSSR count). The first-order chi connectivity index (χ1) is 12.0. The fraction of sp³-hybridized carbons (Fsp3) is 0.111. The quantitative estimate of drug-likeness (QED) is 0.738. The second-order valence-corrected chi connectivity index (χ2v) is 5.49. The first-order valence-electron chi connectivity index (χ1n) is 7.59. The van der Waals surface area contributed by atoms with Gasteiger partial charge in [-0.3, -0.25) is 14.6 Å². The molecule has 3 aromatic rings. The number of amides is 2. The molecule has 7 heteroatoms. The number of hydrogen-bond acceptors (Lipinski definition) is 4. The minimum atomic E-state index is -0.951. The summed E-state index contributed by atoms with van der Waals surface area (Å²) in [5, 5.41) is 2.55. The number of nitrogens with one attached hydrogen (secondary N) is 1. The van der Waals surface area contributed by atoms with Gasteiger partial charge in [0.2, 0.25) is 5.91 Å². The fourth-order valence-corrected chi connectivity index (χ4v) is 2.37. The number of nitrogens with zero attached hydrogens (tertiary/aromatic N) is 2. The molecule has 0 unspecified atom stereocenters. The van der Waals surface area contributed by atoms with Crippen LogP contribution in [0.4, 0.5) is 4.39 Å². The molecule has 2 amide bonds. The van der Waals surface area contributed by atoms with E-state index >= 15 is 0 Å². The van der Waals surface area contributed by atoms with Gasteiger partial charge in [-0.2, -0.15) is 0 Å². The predicted molar refractivity (Wildman–Crippen MR) is 90.1 cm³/mol. The molecule has 0 bridgehead atoms. The third kappa shape index (κ3) is 3.95. The van der Waals surface area contributed by atoms with Crippen LogP contribution in [0.15, 0.2) is 54.7 Å². The van der Waals surface area contributed by atoms with Crippen LogP contribution in [-0.2, 0) is 11.2 Å². The average Bonchev–Trinajstić information content (AvgIpc) is 2.61. The Balaban J connectivity index is 1.77. The van der Waals surface area contributed by atoms with Crippen molar-refractivity contribution >= 4 is 22.8 Å². The Labute approximate surface area is 142 Å². The maximum absolute atomic E-state index is 12.9. The van der Waals surface area contributed by atoms with E-state index in [-0.39, 0.29) is 12.0 Å². The Bertz CT molecular complexity index is 928. The molecule has 0 aliphatic carbocycles. The van der Waals surface area contributed by atoms with Crippen LogP contribution in [0, 0.1) is 5.82 Å². The maximum atomic E-state index is 12.9. The number of halogens is 1. The fourth-order valence-electron chi connectivity index (χ4n) is 2.37. The first kappa shape index (κ1) is 16.5. The van der Waals surface area contributed by atoms with Crippen LogP contribution < -0.4 is 11.1 Å². The molecule has 0 spiro atoms. The third-order valence-electron chi connectivity index (χ3n) is 3.67. The second kappa shape index (κ2) is 7.04. The van der Waals surface area contributed by atoms with Gasteiger partial charge in [-0.1, -0.05) is 12.1 Å². The van der Waals surface area contributed by atoms with Crippen molar-refractivity contribution in [1.29, 1.82) is 0 Å². The van der Waals surface area contributed by atoms with Crippen molar-refractivity contribution in [2.75, 3.05) is 0 Å². The zero-order valence-corrected chi connectivity index (χ0v) is 13.1. The number of rotatable bonds is 5. The van der Waals surface area contributed by atoms with Gasteiger partial charge in [0.15, 0.2) is 0 Å². The molecule has 6 nitrogen and oxygen atoms in total. The normalized spacial score (nSPS) is 11.9. The van der Waals surface area contributed by atoms with E-state index in [4.69, 9.17) is 5.73 Å². The topological polar surface area (TPSA) is 98.0 Å². The summed E-state index contributed by atoms with van der Waals surface area (Å²) in [6.45, 7) is 0. The van der Waals surface area contributed by atoms with Crippen LogP contribution in [-0.4, -0.2) is 27.8 Å². The molecule has 3 N–H and O–H groups in total. The van der Waals surface area contributed by atoms with Gasteiger partial charge in [0, 0.05) is 18.2 Å². The van der Waals surface area contributed by atoms with Crippen molar-refractivity contribution in [3.05, 3.63) is 71.8 Å². The van der Waals surface area contributed by atoms with Crippen LogP contribution in [0.3, 0.4) is 0 Å². The van der Waals surface area contributed by atoms with Gasteiger partial charge in [0.05, 0.1) is 16.7 Å². The zero-order valence-electron chi connectivity index (χ0n) is 13.1. The number of aromatic nitrogens is 2. The van der Waals surface area contributed by atoms with Crippen LogP contribution >= 0.6 is 0 Å². The second-order valence-electron chi connectivity index (χ2n) is 5.49. The summed E-state index contributed by atoms with van der Waals surface area (Å²) in [6.07, 6.45) is 1.66. The van der Waals surface area contributed by atoms with E-state index in [2.05, 4.69) is 15.3 Å². The number of benzene rings is 2. The molecule has 126 valence electrons. The standard InChI is InChI=1S/C18H15FN4O2/c19-12-7-5-11(6-8-12)18(25)23-16(17(20)24)9-13-10-21-14-3-1-2-4-15(14)22-13/h1-8,10,16H,9H2,(H2,20,24)(H,23,25)/t16-/m1/s1. The van der Waals surface area contributed by atoms with Crippen molar-refractivity contribution in [2.45, 2.75) is 12.5 Å². The van der Waals surface area contributed by atoms with E-state index in [1.807, 2.05) is 24.3 Å². The lowest BCUT2D eigenvalue weighted by molar-refractivity contribution is -0.119. The maximum Gasteiger partial charge on any atom is 0.251 e. The lowest BCUT2D eigenvalue weighted by Crippen LogP contribution is -2.46. The predicted octanol–water partition coefficient (Wildman–Crippen LogP) is 1.60. The highest BCUT2D eigenvalue weighted by molar-refractivity contribution is 5.97. The van der Waals surface area contributed by atoms with Gasteiger partial charge < -0.3 is 11.1 Å². The van der Waals surface area contributed by atoms with Gasteiger partial charge in [-0.15, -0.1) is 0 Å². The molecular weight excluding hydrogens is 323 g/mol. The highest BCUT2D eigenvalue weighted by atomic mass is 19.1. The number of carbonyl (C=O) groups is 2. The molecule has 0 fully saturated rings. The molecule has 0 saturated heterocycles. The van der Waals surface area contributed by atoms with Gasteiger partial charge in [0.1, 0.15) is 11.9 Å². The Morgan fingerprint density at radius 3 is 2.44 bits per heavy atom. The van der Waals surface area contributed by atoms with Gasteiger partial charge in [-0.25, -0.2) is 9.37 Å². The van der Waals surface area contributed by atoms with E-state index < -0.39 is 23.7 Å². The van der Waals surface area contributed by atoms with Crippen molar-refractivity contribution < 1.29 is 14.0 Å². The van der Waals surface area contributed by atoms with Crippen molar-refractivity contribution in [2.24, 2.45) is 5.73 Å². The van der Waals surface area contributed by atoms with E-state index in [9.17, 15) is 14.0 Å². The lowest BCUT2D eigenvalue weighted by atomic mass is 10.1. The van der Waals surface area contributed by atoms with Crippen LogP contribution in [0.5, 0.6) is 0 Å². The number of fused-ring (bicyclic) bond motifs is 1. The van der Waals surface area contributed by atoms with E-state index in [1.54, 1.807) is 6.20 Å². The molecule has 1 heterocycles. The van der Waals surface area contributed by atoms with Gasteiger partial charge in [0.25, 0.3) is 5.91 Å². The zero-order chi connectivity index (χ0) is 17.8. The third-order valence-corrected chi connectivity index (χ3v) is 3.67. The summed E-state index contributed by atoms with van der Waals surface area (Å²) in [6, 6.07) is 11.4. The molecule has 1 aromatic heterocycles. The summed E-state index contributed by atoms with van der Waals surface area (Å²) < 4.78 is 12.9. The molecule has 0 radical (unpaired) electrons. The Morgan fingerprint density at radius 1 is 1.08 bits per heavy atom.